The van der Waals surface area contributed by atoms with Crippen LogP contribution >= 0.6 is 0 Å². The standard InChI is InChI=1S/C12H15N3O2/c1-9(12(16)17-2)13-7-10-8-14-15-6-4-3-5-11(10)15/h3-6,8-9,13H,7H2,1-2H3. The number of nitrogens with one attached hydrogen (secondary N) is 1. The lowest BCUT2D eigenvalue weighted by molar-refractivity contribution is -0.142. The highest BCUT2D eigenvalue weighted by Gasteiger charge is 2.12. The molecule has 0 spiro atoms. The Hall–Kier alpha value is -1.88. The third kappa shape index (κ3) is 2.45. The highest BCUT2D eigenvalue weighted by molar-refractivity contribution is 5.75. The predicted molar refractivity (Wildman–Crippen MR) is 63.5 cm³/mol. The van der Waals surface area contributed by atoms with Crippen LogP contribution in [0.2, 0.25) is 0 Å². The molecular weight excluding hydrogens is 218 g/mol. The SMILES string of the molecule is COC(=O)C(C)NCc1cnn2ccccc12. The van der Waals surface area contributed by atoms with Crippen LogP contribution in [0.1, 0.15) is 12.5 Å². The van der Waals surface area contributed by atoms with E-state index in [2.05, 4.69) is 15.2 Å². The summed E-state index contributed by atoms with van der Waals surface area (Å²) in [4.78, 5) is 11.2. The number of pyridine rings is 1. The summed E-state index contributed by atoms with van der Waals surface area (Å²) in [6, 6.07) is 5.56. The van der Waals surface area contributed by atoms with Gasteiger partial charge in [0.1, 0.15) is 6.04 Å². The van der Waals surface area contributed by atoms with Gasteiger partial charge in [-0.15, -0.1) is 0 Å². The van der Waals surface area contributed by atoms with Gasteiger partial charge in [0.05, 0.1) is 18.8 Å². The van der Waals surface area contributed by atoms with Gasteiger partial charge in [-0.25, -0.2) is 4.52 Å². The number of fused-ring (bicyclic) bond motifs is 1. The second-order valence-electron chi connectivity index (χ2n) is 3.83. The average molecular weight is 233 g/mol. The first-order valence-corrected chi connectivity index (χ1v) is 5.45. The van der Waals surface area contributed by atoms with Crippen LogP contribution in [0.5, 0.6) is 0 Å². The highest BCUT2D eigenvalue weighted by Crippen LogP contribution is 2.09. The van der Waals surface area contributed by atoms with Gasteiger partial charge in [-0.05, 0) is 19.1 Å². The van der Waals surface area contributed by atoms with Crippen LogP contribution in [0.3, 0.4) is 0 Å². The fraction of sp³-hybridized carbons (Fsp3) is 0.333. The molecule has 90 valence electrons. The first-order valence-electron chi connectivity index (χ1n) is 5.45. The van der Waals surface area contributed by atoms with Crippen molar-refractivity contribution < 1.29 is 9.53 Å². The molecular formula is C12H15N3O2. The Morgan fingerprint density at radius 1 is 1.59 bits per heavy atom. The van der Waals surface area contributed by atoms with E-state index in [0.717, 1.165) is 11.1 Å². The van der Waals surface area contributed by atoms with E-state index in [9.17, 15) is 4.79 Å². The van der Waals surface area contributed by atoms with Crippen molar-refractivity contribution in [1.29, 1.82) is 0 Å². The number of ether oxygens (including phenoxy) is 1. The highest BCUT2D eigenvalue weighted by atomic mass is 16.5. The van der Waals surface area contributed by atoms with E-state index in [-0.39, 0.29) is 12.0 Å². The van der Waals surface area contributed by atoms with Crippen molar-refractivity contribution in [3.63, 3.8) is 0 Å². The zero-order chi connectivity index (χ0) is 12.3. The van der Waals surface area contributed by atoms with Gasteiger partial charge < -0.3 is 10.1 Å². The molecule has 2 aromatic rings. The van der Waals surface area contributed by atoms with E-state index in [1.54, 1.807) is 17.6 Å². The molecule has 2 heterocycles. The zero-order valence-electron chi connectivity index (χ0n) is 9.88. The molecule has 2 rings (SSSR count). The maximum Gasteiger partial charge on any atom is 0.322 e. The number of nitrogens with zero attached hydrogens (tertiary/aromatic N) is 2. The van der Waals surface area contributed by atoms with Crippen LogP contribution in [-0.4, -0.2) is 28.7 Å². The molecule has 0 radical (unpaired) electrons. The van der Waals surface area contributed by atoms with Gasteiger partial charge in [0.15, 0.2) is 0 Å². The Balaban J connectivity index is 2.07. The van der Waals surface area contributed by atoms with Crippen molar-refractivity contribution >= 4 is 11.5 Å². The summed E-state index contributed by atoms with van der Waals surface area (Å²) in [6.07, 6.45) is 3.69. The molecule has 0 aliphatic rings. The molecule has 1 N–H and O–H groups in total. The smallest absolute Gasteiger partial charge is 0.322 e. The minimum Gasteiger partial charge on any atom is -0.468 e. The lowest BCUT2D eigenvalue weighted by Crippen LogP contribution is -2.34. The van der Waals surface area contributed by atoms with Gasteiger partial charge in [-0.2, -0.15) is 5.10 Å². The first-order chi connectivity index (χ1) is 8.22. The van der Waals surface area contributed by atoms with Crippen LogP contribution < -0.4 is 5.32 Å². The third-order valence-electron chi connectivity index (χ3n) is 2.66. The summed E-state index contributed by atoms with van der Waals surface area (Å²) in [7, 11) is 1.38. The van der Waals surface area contributed by atoms with E-state index in [4.69, 9.17) is 0 Å². The molecule has 0 fully saturated rings. The Morgan fingerprint density at radius 3 is 3.18 bits per heavy atom. The molecule has 1 atom stereocenters. The molecule has 5 nitrogen and oxygen atoms in total. The van der Waals surface area contributed by atoms with E-state index in [1.165, 1.54) is 7.11 Å². The monoisotopic (exact) mass is 233 g/mol. The van der Waals surface area contributed by atoms with Crippen molar-refractivity contribution in [1.82, 2.24) is 14.9 Å². The van der Waals surface area contributed by atoms with Crippen LogP contribution in [0, 0.1) is 0 Å². The summed E-state index contributed by atoms with van der Waals surface area (Å²) in [5, 5.41) is 7.32. The van der Waals surface area contributed by atoms with Crippen LogP contribution in [-0.2, 0) is 16.1 Å². The number of esters is 1. The molecule has 0 bridgehead atoms. The molecule has 0 amide bonds. The lowest BCUT2D eigenvalue weighted by atomic mass is 10.2. The van der Waals surface area contributed by atoms with E-state index < -0.39 is 0 Å². The van der Waals surface area contributed by atoms with Crippen LogP contribution in [0.4, 0.5) is 0 Å². The minimum absolute atomic E-state index is 0.263. The predicted octanol–water partition coefficient (Wildman–Crippen LogP) is 0.985. The fourth-order valence-corrected chi connectivity index (χ4v) is 1.65. The van der Waals surface area contributed by atoms with Gasteiger partial charge >= 0.3 is 5.97 Å². The molecule has 2 aromatic heterocycles. The van der Waals surface area contributed by atoms with Gasteiger partial charge in [0, 0.05) is 18.3 Å². The average Bonchev–Trinajstić information content (AvgIpc) is 2.78. The van der Waals surface area contributed by atoms with Gasteiger partial charge in [-0.3, -0.25) is 4.79 Å². The molecule has 17 heavy (non-hydrogen) atoms. The fourth-order valence-electron chi connectivity index (χ4n) is 1.65. The Morgan fingerprint density at radius 2 is 2.41 bits per heavy atom. The summed E-state index contributed by atoms with van der Waals surface area (Å²) >= 11 is 0. The number of methoxy groups -OCH3 is 1. The molecule has 0 saturated heterocycles. The zero-order valence-corrected chi connectivity index (χ0v) is 9.88. The largest absolute Gasteiger partial charge is 0.468 e. The van der Waals surface area contributed by atoms with Crippen molar-refractivity contribution in [3.05, 3.63) is 36.2 Å². The normalized spacial score (nSPS) is 12.6. The van der Waals surface area contributed by atoms with Crippen molar-refractivity contribution in [2.24, 2.45) is 0 Å². The summed E-state index contributed by atoms with van der Waals surface area (Å²) in [5.74, 6) is -0.263. The number of rotatable bonds is 4. The van der Waals surface area contributed by atoms with Crippen molar-refractivity contribution in [3.8, 4) is 0 Å². The first kappa shape index (κ1) is 11.6. The second kappa shape index (κ2) is 4.97. The molecule has 0 saturated carbocycles. The quantitative estimate of drug-likeness (QED) is 0.800. The topological polar surface area (TPSA) is 55.6 Å². The molecule has 0 aliphatic carbocycles. The van der Waals surface area contributed by atoms with E-state index in [1.807, 2.05) is 24.4 Å². The van der Waals surface area contributed by atoms with Crippen LogP contribution in [0.15, 0.2) is 30.6 Å². The molecule has 5 heteroatoms. The minimum atomic E-state index is -0.321. The maximum absolute atomic E-state index is 11.2. The Labute approximate surface area is 99.4 Å². The number of hydrogen-bond donors (Lipinski definition) is 1. The molecule has 1 unspecified atom stereocenters. The van der Waals surface area contributed by atoms with E-state index in [0.29, 0.717) is 6.54 Å². The molecule has 0 aromatic carbocycles. The summed E-state index contributed by atoms with van der Waals surface area (Å²) in [5.41, 5.74) is 2.10. The Bertz CT molecular complexity index is 521. The molecule has 0 aliphatic heterocycles. The van der Waals surface area contributed by atoms with Gasteiger partial charge in [-0.1, -0.05) is 6.07 Å². The van der Waals surface area contributed by atoms with Crippen molar-refractivity contribution in [2.75, 3.05) is 7.11 Å². The van der Waals surface area contributed by atoms with Crippen molar-refractivity contribution in [2.45, 2.75) is 19.5 Å². The number of carbonyl (C=O) groups is 1. The second-order valence-corrected chi connectivity index (χ2v) is 3.83. The lowest BCUT2D eigenvalue weighted by Gasteiger charge is -2.10. The third-order valence-corrected chi connectivity index (χ3v) is 2.66. The summed E-state index contributed by atoms with van der Waals surface area (Å²) in [6.45, 7) is 2.36. The number of hydrogen-bond acceptors (Lipinski definition) is 4. The summed E-state index contributed by atoms with van der Waals surface area (Å²) < 4.78 is 6.45. The Kier molecular flexibility index (Phi) is 3.39. The van der Waals surface area contributed by atoms with E-state index >= 15 is 0 Å². The van der Waals surface area contributed by atoms with Gasteiger partial charge in [0.25, 0.3) is 0 Å². The van der Waals surface area contributed by atoms with Gasteiger partial charge in [0.2, 0.25) is 0 Å². The maximum atomic E-state index is 11.2. The number of carbonyl (C=O) groups excluding carboxylic acids is 1. The number of aromatic nitrogens is 2. The van der Waals surface area contributed by atoms with Crippen LogP contribution in [0.25, 0.3) is 5.52 Å².